The molecule has 0 bridgehead atoms. The molecule has 2 aromatic rings. The zero-order valence-electron chi connectivity index (χ0n) is 9.20. The number of anilines is 1. The fourth-order valence-corrected chi connectivity index (χ4v) is 2.13. The van der Waals surface area contributed by atoms with E-state index in [1.165, 1.54) is 0 Å². The maximum atomic E-state index is 13.2. The van der Waals surface area contributed by atoms with Crippen molar-refractivity contribution in [2.45, 2.75) is 13.3 Å². The molecule has 0 aromatic carbocycles. The van der Waals surface area contributed by atoms with Crippen LogP contribution in [0.3, 0.4) is 0 Å². The molecule has 0 aliphatic heterocycles. The van der Waals surface area contributed by atoms with Crippen molar-refractivity contribution >= 4 is 17.2 Å². The third kappa shape index (κ3) is 3.20. The molecule has 2 aromatic heterocycles. The summed E-state index contributed by atoms with van der Waals surface area (Å²) in [6, 6.07) is 0.808. The van der Waals surface area contributed by atoms with Gasteiger partial charge in [0.15, 0.2) is 11.6 Å². The second kappa shape index (κ2) is 5.18. The van der Waals surface area contributed by atoms with E-state index in [-0.39, 0.29) is 5.82 Å². The summed E-state index contributed by atoms with van der Waals surface area (Å²) in [6.07, 6.45) is 1.68. The second-order valence-electron chi connectivity index (χ2n) is 3.54. The molecule has 2 heterocycles. The number of thiazole rings is 1. The quantitative estimate of drug-likeness (QED) is 0.912. The highest BCUT2D eigenvalue weighted by molar-refractivity contribution is 7.09. The smallest absolute Gasteiger partial charge is 0.168 e. The zero-order chi connectivity index (χ0) is 12.3. The molecule has 0 spiro atoms. The Hall–Kier alpha value is -1.56. The van der Waals surface area contributed by atoms with Crippen molar-refractivity contribution in [3.05, 3.63) is 40.0 Å². The third-order valence-electron chi connectivity index (χ3n) is 2.11. The van der Waals surface area contributed by atoms with Gasteiger partial charge in [-0.2, -0.15) is 0 Å². The average Bonchev–Trinajstić information content (AvgIpc) is 2.68. The molecule has 0 amide bonds. The van der Waals surface area contributed by atoms with E-state index < -0.39 is 11.6 Å². The van der Waals surface area contributed by atoms with E-state index in [0.29, 0.717) is 13.0 Å². The van der Waals surface area contributed by atoms with Gasteiger partial charge in [-0.1, -0.05) is 0 Å². The lowest BCUT2D eigenvalue weighted by molar-refractivity contribution is 0.575. The summed E-state index contributed by atoms with van der Waals surface area (Å²) >= 11 is 1.57. The summed E-state index contributed by atoms with van der Waals surface area (Å²) in [7, 11) is 0. The van der Waals surface area contributed by atoms with Crippen molar-refractivity contribution < 1.29 is 8.78 Å². The van der Waals surface area contributed by atoms with Crippen LogP contribution < -0.4 is 5.32 Å². The average molecular weight is 255 g/mol. The monoisotopic (exact) mass is 255 g/mol. The highest BCUT2D eigenvalue weighted by atomic mass is 32.1. The van der Waals surface area contributed by atoms with Crippen LogP contribution in [0.15, 0.2) is 17.6 Å². The van der Waals surface area contributed by atoms with Gasteiger partial charge in [0.05, 0.1) is 11.2 Å². The number of hydrogen-bond acceptors (Lipinski definition) is 4. The Morgan fingerprint density at radius 1 is 1.41 bits per heavy atom. The standard InChI is InChI=1S/C11H11F2N3S/c1-7-6-17-10(16-7)2-3-14-11-9(13)4-8(12)5-15-11/h4-6H,2-3H2,1H3,(H,14,15). The third-order valence-corrected chi connectivity index (χ3v) is 3.13. The van der Waals surface area contributed by atoms with Gasteiger partial charge in [0, 0.05) is 30.1 Å². The molecule has 0 saturated carbocycles. The Morgan fingerprint density at radius 3 is 2.88 bits per heavy atom. The van der Waals surface area contributed by atoms with Gasteiger partial charge < -0.3 is 5.32 Å². The maximum absolute atomic E-state index is 13.2. The minimum Gasteiger partial charge on any atom is -0.367 e. The van der Waals surface area contributed by atoms with Gasteiger partial charge >= 0.3 is 0 Å². The largest absolute Gasteiger partial charge is 0.367 e. The first-order valence-corrected chi connectivity index (χ1v) is 5.99. The fraction of sp³-hybridized carbons (Fsp3) is 0.273. The van der Waals surface area contributed by atoms with Crippen LogP contribution >= 0.6 is 11.3 Å². The van der Waals surface area contributed by atoms with Gasteiger partial charge in [-0.15, -0.1) is 11.3 Å². The maximum Gasteiger partial charge on any atom is 0.168 e. The Labute approximate surface area is 102 Å². The first-order valence-electron chi connectivity index (χ1n) is 5.11. The summed E-state index contributed by atoms with van der Waals surface area (Å²) in [5.74, 6) is -1.29. The lowest BCUT2D eigenvalue weighted by atomic mass is 10.4. The summed E-state index contributed by atoms with van der Waals surface area (Å²) in [4.78, 5) is 7.92. The number of aryl methyl sites for hydroxylation is 1. The number of halogens is 2. The topological polar surface area (TPSA) is 37.8 Å². The molecular weight excluding hydrogens is 244 g/mol. The normalized spacial score (nSPS) is 10.5. The summed E-state index contributed by atoms with van der Waals surface area (Å²) in [6.45, 7) is 2.44. The van der Waals surface area contributed by atoms with E-state index >= 15 is 0 Å². The van der Waals surface area contributed by atoms with Crippen LogP contribution in [0.25, 0.3) is 0 Å². The number of nitrogens with zero attached hydrogens (tertiary/aromatic N) is 2. The van der Waals surface area contributed by atoms with Gasteiger partial charge in [-0.25, -0.2) is 18.7 Å². The van der Waals surface area contributed by atoms with Crippen LogP contribution in [-0.2, 0) is 6.42 Å². The molecule has 90 valence electrons. The summed E-state index contributed by atoms with van der Waals surface area (Å²) in [5, 5.41) is 5.76. The van der Waals surface area contributed by atoms with E-state index in [1.807, 2.05) is 12.3 Å². The van der Waals surface area contributed by atoms with Gasteiger partial charge in [0.1, 0.15) is 5.82 Å². The lowest BCUT2D eigenvalue weighted by Crippen LogP contribution is -2.08. The Bertz CT molecular complexity index is 513. The van der Waals surface area contributed by atoms with Gasteiger partial charge in [0.2, 0.25) is 0 Å². The first kappa shape index (κ1) is 11.9. The first-order chi connectivity index (χ1) is 8.15. The van der Waals surface area contributed by atoms with Crippen LogP contribution in [0.4, 0.5) is 14.6 Å². The van der Waals surface area contributed by atoms with Crippen molar-refractivity contribution in [1.82, 2.24) is 9.97 Å². The van der Waals surface area contributed by atoms with Crippen LogP contribution in [0, 0.1) is 18.6 Å². The van der Waals surface area contributed by atoms with Crippen LogP contribution in [0.5, 0.6) is 0 Å². The SMILES string of the molecule is Cc1csc(CCNc2ncc(F)cc2F)n1. The summed E-state index contributed by atoms with van der Waals surface area (Å²) < 4.78 is 25.8. The van der Waals surface area contributed by atoms with E-state index in [9.17, 15) is 8.78 Å². The predicted molar refractivity (Wildman–Crippen MR) is 63.2 cm³/mol. The second-order valence-corrected chi connectivity index (χ2v) is 4.49. The summed E-state index contributed by atoms with van der Waals surface area (Å²) in [5.41, 5.74) is 0.982. The molecule has 1 N–H and O–H groups in total. The van der Waals surface area contributed by atoms with Crippen molar-refractivity contribution in [2.24, 2.45) is 0 Å². The number of nitrogens with one attached hydrogen (secondary N) is 1. The van der Waals surface area contributed by atoms with Gasteiger partial charge in [-0.05, 0) is 6.92 Å². The molecule has 0 aliphatic carbocycles. The highest BCUT2D eigenvalue weighted by Crippen LogP contribution is 2.12. The molecule has 3 nitrogen and oxygen atoms in total. The number of hydrogen-bond donors (Lipinski definition) is 1. The molecule has 0 unspecified atom stereocenters. The molecule has 0 radical (unpaired) electrons. The lowest BCUT2D eigenvalue weighted by Gasteiger charge is -2.04. The molecule has 0 aliphatic rings. The molecule has 6 heteroatoms. The van der Waals surface area contributed by atoms with Crippen LogP contribution in [-0.4, -0.2) is 16.5 Å². The van der Waals surface area contributed by atoms with Crippen molar-refractivity contribution in [1.29, 1.82) is 0 Å². The van der Waals surface area contributed by atoms with Crippen molar-refractivity contribution in [3.8, 4) is 0 Å². The van der Waals surface area contributed by atoms with E-state index in [2.05, 4.69) is 15.3 Å². The molecule has 0 atom stereocenters. The Kier molecular flexibility index (Phi) is 3.63. The van der Waals surface area contributed by atoms with Gasteiger partial charge in [0.25, 0.3) is 0 Å². The molecule has 0 saturated heterocycles. The van der Waals surface area contributed by atoms with Gasteiger partial charge in [-0.3, -0.25) is 0 Å². The van der Waals surface area contributed by atoms with E-state index in [0.717, 1.165) is 23.0 Å². The van der Waals surface area contributed by atoms with Crippen LogP contribution in [0.1, 0.15) is 10.7 Å². The Morgan fingerprint density at radius 2 is 2.24 bits per heavy atom. The molecule has 17 heavy (non-hydrogen) atoms. The van der Waals surface area contributed by atoms with E-state index in [1.54, 1.807) is 11.3 Å². The Balaban J connectivity index is 1.90. The van der Waals surface area contributed by atoms with Crippen molar-refractivity contribution in [2.75, 3.05) is 11.9 Å². The van der Waals surface area contributed by atoms with E-state index in [4.69, 9.17) is 0 Å². The number of pyridine rings is 1. The minimum absolute atomic E-state index is 0.0691. The molecular formula is C11H11F2N3S. The predicted octanol–water partition coefficient (Wildman–Crippen LogP) is 2.78. The molecule has 0 fully saturated rings. The number of aromatic nitrogens is 2. The number of rotatable bonds is 4. The van der Waals surface area contributed by atoms with Crippen molar-refractivity contribution in [3.63, 3.8) is 0 Å². The zero-order valence-corrected chi connectivity index (χ0v) is 10.0. The highest BCUT2D eigenvalue weighted by Gasteiger charge is 2.05. The molecule has 2 rings (SSSR count). The van der Waals surface area contributed by atoms with Crippen LogP contribution in [0.2, 0.25) is 0 Å². The fourth-order valence-electron chi connectivity index (χ4n) is 1.35. The minimum atomic E-state index is -0.680.